The van der Waals surface area contributed by atoms with Gasteiger partial charge in [0, 0.05) is 12.4 Å². The van der Waals surface area contributed by atoms with Gasteiger partial charge in [0.15, 0.2) is 0 Å². The Hall–Kier alpha value is -0.0500. The van der Waals surface area contributed by atoms with Crippen LogP contribution in [0.4, 0.5) is 0 Å². The van der Waals surface area contributed by atoms with Crippen LogP contribution in [0.5, 0.6) is 0 Å². The second-order valence-electron chi connectivity index (χ2n) is 2.49. The third kappa shape index (κ3) is 1.11. The molecule has 0 aromatic carbocycles. The number of hydrogen-bond donors (Lipinski definition) is 1. The van der Waals surface area contributed by atoms with Crippen molar-refractivity contribution in [1.82, 2.24) is 5.32 Å². The van der Waals surface area contributed by atoms with Crippen molar-refractivity contribution in [2.24, 2.45) is 5.41 Å². The van der Waals surface area contributed by atoms with Crippen molar-refractivity contribution in [2.45, 2.75) is 12.8 Å². The minimum absolute atomic E-state index is 0.0330. The predicted octanol–water partition coefficient (Wildman–Crippen LogP) is 0.907. The van der Waals surface area contributed by atoms with Crippen molar-refractivity contribution >= 4 is 21.8 Å². The quantitative estimate of drug-likeness (QED) is 0.647. The van der Waals surface area contributed by atoms with Crippen LogP contribution >= 0.6 is 15.9 Å². The van der Waals surface area contributed by atoms with Gasteiger partial charge in [-0.1, -0.05) is 15.9 Å². The summed E-state index contributed by atoms with van der Waals surface area (Å²) in [4.78, 5) is 11.0. The van der Waals surface area contributed by atoms with E-state index in [2.05, 4.69) is 21.2 Å². The molecule has 0 aromatic rings. The maximum absolute atomic E-state index is 11.0. The zero-order valence-electron chi connectivity index (χ0n) is 5.41. The Kier molecular flexibility index (Phi) is 1.80. The van der Waals surface area contributed by atoms with Gasteiger partial charge in [-0.2, -0.15) is 0 Å². The van der Waals surface area contributed by atoms with Gasteiger partial charge in [-0.3, -0.25) is 4.79 Å². The lowest BCUT2D eigenvalue weighted by molar-refractivity contribution is -0.124. The van der Waals surface area contributed by atoms with Gasteiger partial charge >= 0.3 is 0 Å². The van der Waals surface area contributed by atoms with E-state index in [9.17, 15) is 4.79 Å². The van der Waals surface area contributed by atoms with Crippen molar-refractivity contribution in [2.75, 3.05) is 12.4 Å². The fourth-order valence-corrected chi connectivity index (χ4v) is 1.65. The summed E-state index contributed by atoms with van der Waals surface area (Å²) in [5.74, 6) is 0.180. The second kappa shape index (κ2) is 2.29. The van der Waals surface area contributed by atoms with Gasteiger partial charge in [0.25, 0.3) is 0 Å². The number of hydrogen-bond acceptors (Lipinski definition) is 1. The van der Waals surface area contributed by atoms with Crippen LogP contribution < -0.4 is 5.32 Å². The summed E-state index contributed by atoms with van der Waals surface area (Å²) in [6.07, 6.45) is 2.08. The van der Waals surface area contributed by atoms with E-state index in [4.69, 9.17) is 0 Å². The normalized spacial score (nSPS) is 21.1. The SMILES string of the molecule is CNC(=O)C1(CBr)CC1. The van der Waals surface area contributed by atoms with Crippen molar-refractivity contribution in [3.63, 3.8) is 0 Å². The highest BCUT2D eigenvalue weighted by Gasteiger charge is 2.48. The summed E-state index contributed by atoms with van der Waals surface area (Å²) in [6, 6.07) is 0. The lowest BCUT2D eigenvalue weighted by atomic mass is 10.1. The first-order valence-electron chi connectivity index (χ1n) is 3.03. The van der Waals surface area contributed by atoms with E-state index in [0.29, 0.717) is 0 Å². The Morgan fingerprint density at radius 1 is 1.78 bits per heavy atom. The first-order chi connectivity index (χ1) is 4.25. The number of amides is 1. The molecule has 0 unspecified atom stereocenters. The number of alkyl halides is 1. The fraction of sp³-hybridized carbons (Fsp3) is 0.833. The Bertz CT molecular complexity index is 131. The van der Waals surface area contributed by atoms with E-state index in [-0.39, 0.29) is 11.3 Å². The van der Waals surface area contributed by atoms with Gasteiger partial charge in [0.05, 0.1) is 5.41 Å². The Morgan fingerprint density at radius 3 is 2.44 bits per heavy atom. The molecule has 0 saturated heterocycles. The third-order valence-electron chi connectivity index (χ3n) is 1.82. The van der Waals surface area contributed by atoms with Gasteiger partial charge in [-0.15, -0.1) is 0 Å². The van der Waals surface area contributed by atoms with Crippen LogP contribution in [0.25, 0.3) is 0 Å². The van der Waals surface area contributed by atoms with Crippen molar-refractivity contribution in [3.8, 4) is 0 Å². The Morgan fingerprint density at radius 2 is 2.33 bits per heavy atom. The smallest absolute Gasteiger partial charge is 0.226 e. The van der Waals surface area contributed by atoms with Gasteiger partial charge in [-0.25, -0.2) is 0 Å². The molecule has 0 heterocycles. The summed E-state index contributed by atoms with van der Waals surface area (Å²) in [5, 5.41) is 3.45. The van der Waals surface area contributed by atoms with E-state index >= 15 is 0 Å². The molecule has 1 rings (SSSR count). The summed E-state index contributed by atoms with van der Waals surface area (Å²) in [7, 11) is 1.69. The Labute approximate surface area is 63.1 Å². The zero-order valence-corrected chi connectivity index (χ0v) is 6.99. The van der Waals surface area contributed by atoms with Crippen molar-refractivity contribution in [3.05, 3.63) is 0 Å². The zero-order chi connectivity index (χ0) is 6.91. The number of nitrogens with one attached hydrogen (secondary N) is 1. The van der Waals surface area contributed by atoms with E-state index in [1.807, 2.05) is 0 Å². The molecule has 1 aliphatic rings. The minimum Gasteiger partial charge on any atom is -0.359 e. The highest BCUT2D eigenvalue weighted by molar-refractivity contribution is 9.09. The lowest BCUT2D eigenvalue weighted by Gasteiger charge is -2.07. The maximum Gasteiger partial charge on any atom is 0.226 e. The Balaban J connectivity index is 2.49. The molecule has 52 valence electrons. The number of carbonyl (C=O) groups excluding carboxylic acids is 1. The molecule has 0 atom stereocenters. The van der Waals surface area contributed by atoms with Crippen LogP contribution in [0.15, 0.2) is 0 Å². The van der Waals surface area contributed by atoms with Crippen LogP contribution in [-0.2, 0) is 4.79 Å². The lowest BCUT2D eigenvalue weighted by Crippen LogP contribution is -2.29. The van der Waals surface area contributed by atoms with Gasteiger partial charge < -0.3 is 5.32 Å². The van der Waals surface area contributed by atoms with Crippen molar-refractivity contribution in [1.29, 1.82) is 0 Å². The van der Waals surface area contributed by atoms with Crippen LogP contribution in [0.2, 0.25) is 0 Å². The monoisotopic (exact) mass is 191 g/mol. The predicted molar refractivity (Wildman–Crippen MR) is 39.5 cm³/mol. The highest BCUT2D eigenvalue weighted by atomic mass is 79.9. The highest BCUT2D eigenvalue weighted by Crippen LogP contribution is 2.46. The van der Waals surface area contributed by atoms with Gasteiger partial charge in [0.2, 0.25) is 5.91 Å². The summed E-state index contributed by atoms with van der Waals surface area (Å²) >= 11 is 3.31. The van der Waals surface area contributed by atoms with E-state index in [1.165, 1.54) is 0 Å². The van der Waals surface area contributed by atoms with E-state index < -0.39 is 0 Å². The van der Waals surface area contributed by atoms with Crippen LogP contribution in [0.3, 0.4) is 0 Å². The first-order valence-corrected chi connectivity index (χ1v) is 4.15. The maximum atomic E-state index is 11.0. The third-order valence-corrected chi connectivity index (χ3v) is 2.89. The van der Waals surface area contributed by atoms with E-state index in [0.717, 1.165) is 18.2 Å². The fourth-order valence-electron chi connectivity index (χ4n) is 0.837. The number of halogens is 1. The second-order valence-corrected chi connectivity index (χ2v) is 3.05. The molecule has 9 heavy (non-hydrogen) atoms. The molecule has 1 fully saturated rings. The molecule has 1 saturated carbocycles. The molecule has 1 aliphatic carbocycles. The van der Waals surface area contributed by atoms with Crippen LogP contribution in [-0.4, -0.2) is 18.3 Å². The number of carbonyl (C=O) groups is 1. The first kappa shape index (κ1) is 7.06. The van der Waals surface area contributed by atoms with Crippen LogP contribution in [0.1, 0.15) is 12.8 Å². The summed E-state index contributed by atoms with van der Waals surface area (Å²) in [6.45, 7) is 0. The summed E-state index contributed by atoms with van der Waals surface area (Å²) < 4.78 is 0. The number of rotatable bonds is 2. The molecular weight excluding hydrogens is 182 g/mol. The molecular formula is C6H10BrNO. The molecule has 3 heteroatoms. The molecule has 0 bridgehead atoms. The molecule has 0 aromatic heterocycles. The topological polar surface area (TPSA) is 29.1 Å². The largest absolute Gasteiger partial charge is 0.359 e. The molecule has 1 amide bonds. The van der Waals surface area contributed by atoms with Gasteiger partial charge in [0.1, 0.15) is 0 Å². The van der Waals surface area contributed by atoms with E-state index in [1.54, 1.807) is 7.05 Å². The summed E-state index contributed by atoms with van der Waals surface area (Å²) in [5.41, 5.74) is -0.0330. The average molecular weight is 192 g/mol. The van der Waals surface area contributed by atoms with Crippen LogP contribution in [0, 0.1) is 5.41 Å². The average Bonchev–Trinajstić information content (AvgIpc) is 2.66. The molecule has 2 nitrogen and oxygen atoms in total. The minimum atomic E-state index is -0.0330. The molecule has 0 spiro atoms. The molecule has 1 N–H and O–H groups in total. The van der Waals surface area contributed by atoms with Gasteiger partial charge in [-0.05, 0) is 12.8 Å². The standard InChI is InChI=1S/C6H10BrNO/c1-8-5(9)6(4-7)2-3-6/h2-4H2,1H3,(H,8,9). The molecule has 0 radical (unpaired) electrons. The molecule has 0 aliphatic heterocycles. The van der Waals surface area contributed by atoms with Crippen molar-refractivity contribution < 1.29 is 4.79 Å².